The van der Waals surface area contributed by atoms with Crippen LogP contribution in [-0.4, -0.2) is 37.2 Å². The molecule has 3 heteroatoms. The molecule has 0 aliphatic carbocycles. The van der Waals surface area contributed by atoms with Gasteiger partial charge < -0.3 is 10.1 Å². The van der Waals surface area contributed by atoms with E-state index in [1.807, 2.05) is 12.1 Å². The van der Waals surface area contributed by atoms with E-state index in [9.17, 15) is 0 Å². The second-order valence-electron chi connectivity index (χ2n) is 4.77. The molecule has 0 unspecified atom stereocenters. The molecule has 0 saturated carbocycles. The topological polar surface area (TPSA) is 24.5 Å². The summed E-state index contributed by atoms with van der Waals surface area (Å²) in [5, 5.41) is 3.53. The van der Waals surface area contributed by atoms with Crippen LogP contribution >= 0.6 is 0 Å². The van der Waals surface area contributed by atoms with Crippen LogP contribution in [0.15, 0.2) is 24.3 Å². The number of rotatable bonds is 3. The smallest absolute Gasteiger partial charge is 0.118 e. The fourth-order valence-electron chi connectivity index (χ4n) is 2.81. The van der Waals surface area contributed by atoms with Crippen LogP contribution in [0.25, 0.3) is 0 Å². The highest BCUT2D eigenvalue weighted by molar-refractivity contribution is 5.27. The van der Waals surface area contributed by atoms with Crippen molar-refractivity contribution in [3.63, 3.8) is 0 Å². The number of benzene rings is 1. The Labute approximate surface area is 96.4 Å². The molecule has 1 aromatic rings. The molecule has 0 aromatic heterocycles. The number of nitrogens with one attached hydrogen (secondary N) is 1. The third-order valence-electron chi connectivity index (χ3n) is 3.71. The molecule has 0 spiro atoms. The van der Waals surface area contributed by atoms with Gasteiger partial charge in [-0.15, -0.1) is 0 Å². The first-order valence-electron chi connectivity index (χ1n) is 5.95. The van der Waals surface area contributed by atoms with Crippen molar-refractivity contribution in [2.24, 2.45) is 0 Å². The molecule has 16 heavy (non-hydrogen) atoms. The Balaban J connectivity index is 1.65. The van der Waals surface area contributed by atoms with Gasteiger partial charge >= 0.3 is 0 Å². The highest BCUT2D eigenvalue weighted by Gasteiger charge is 2.37. The molecule has 2 atom stereocenters. The number of hydrogen-bond acceptors (Lipinski definition) is 3. The molecular formula is C13H18N2O. The highest BCUT2D eigenvalue weighted by atomic mass is 16.5. The van der Waals surface area contributed by atoms with Crippen molar-refractivity contribution in [1.82, 2.24) is 10.2 Å². The predicted octanol–water partition coefficient (Wildman–Crippen LogP) is 1.24. The van der Waals surface area contributed by atoms with Crippen LogP contribution in [0.4, 0.5) is 0 Å². The van der Waals surface area contributed by atoms with Gasteiger partial charge in [0.05, 0.1) is 7.11 Å². The summed E-state index contributed by atoms with van der Waals surface area (Å²) in [7, 11) is 1.71. The molecule has 1 aromatic carbocycles. The minimum atomic E-state index is 0.739. The lowest BCUT2D eigenvalue weighted by Crippen LogP contribution is -2.42. The van der Waals surface area contributed by atoms with Crippen LogP contribution in [-0.2, 0) is 6.54 Å². The van der Waals surface area contributed by atoms with Crippen molar-refractivity contribution < 1.29 is 4.74 Å². The van der Waals surface area contributed by atoms with Gasteiger partial charge in [-0.3, -0.25) is 4.90 Å². The number of methoxy groups -OCH3 is 1. The Morgan fingerprint density at radius 1 is 1.38 bits per heavy atom. The number of piperazine rings is 1. The molecule has 0 radical (unpaired) electrons. The first kappa shape index (κ1) is 10.1. The second kappa shape index (κ2) is 4.07. The van der Waals surface area contributed by atoms with Crippen molar-refractivity contribution in [2.45, 2.75) is 25.0 Å². The quantitative estimate of drug-likeness (QED) is 0.826. The summed E-state index contributed by atoms with van der Waals surface area (Å²) in [5.74, 6) is 0.938. The average molecular weight is 218 g/mol. The molecule has 2 bridgehead atoms. The van der Waals surface area contributed by atoms with Crippen LogP contribution in [0.3, 0.4) is 0 Å². The van der Waals surface area contributed by atoms with E-state index in [2.05, 4.69) is 22.3 Å². The first-order chi connectivity index (χ1) is 7.85. The van der Waals surface area contributed by atoms with E-state index in [0.29, 0.717) is 0 Å². The number of ether oxygens (including phenoxy) is 1. The largest absolute Gasteiger partial charge is 0.497 e. The van der Waals surface area contributed by atoms with Crippen LogP contribution in [0.2, 0.25) is 0 Å². The van der Waals surface area contributed by atoms with Crippen LogP contribution in [0.5, 0.6) is 5.75 Å². The molecule has 1 N–H and O–H groups in total. The lowest BCUT2D eigenvalue weighted by Gasteiger charge is -2.27. The van der Waals surface area contributed by atoms with Gasteiger partial charge in [-0.1, -0.05) is 12.1 Å². The summed E-state index contributed by atoms with van der Waals surface area (Å²) >= 11 is 0. The standard InChI is InChI=1S/C13H18N2O/c1-16-13-4-2-10(3-5-13)8-15-9-11-6-12(15)7-14-11/h2-5,11-12,14H,6-9H2,1H3/t11-,12+/m1/s1. The summed E-state index contributed by atoms with van der Waals surface area (Å²) in [6.45, 7) is 3.45. The van der Waals surface area contributed by atoms with E-state index in [1.165, 1.54) is 25.1 Å². The van der Waals surface area contributed by atoms with Gasteiger partial charge in [-0.05, 0) is 24.1 Å². The SMILES string of the molecule is COc1ccc(CN2C[C@H]3C[C@H]2CN3)cc1. The fourth-order valence-corrected chi connectivity index (χ4v) is 2.81. The van der Waals surface area contributed by atoms with E-state index in [1.54, 1.807) is 7.11 Å². The average Bonchev–Trinajstić information content (AvgIpc) is 2.92. The maximum atomic E-state index is 5.16. The van der Waals surface area contributed by atoms with Crippen LogP contribution in [0, 0.1) is 0 Å². The minimum absolute atomic E-state index is 0.739. The van der Waals surface area contributed by atoms with Gasteiger partial charge in [0.15, 0.2) is 0 Å². The highest BCUT2D eigenvalue weighted by Crippen LogP contribution is 2.25. The molecule has 2 saturated heterocycles. The molecule has 2 heterocycles. The van der Waals surface area contributed by atoms with Gasteiger partial charge in [0.25, 0.3) is 0 Å². The van der Waals surface area contributed by atoms with Gasteiger partial charge in [0.1, 0.15) is 5.75 Å². The molecule has 0 amide bonds. The van der Waals surface area contributed by atoms with E-state index < -0.39 is 0 Å². The molecular weight excluding hydrogens is 200 g/mol. The Kier molecular flexibility index (Phi) is 2.58. The Hall–Kier alpha value is -1.06. The van der Waals surface area contributed by atoms with Gasteiger partial charge in [0, 0.05) is 31.7 Å². The van der Waals surface area contributed by atoms with Crippen LogP contribution < -0.4 is 10.1 Å². The lowest BCUT2D eigenvalue weighted by atomic mass is 10.2. The van der Waals surface area contributed by atoms with Crippen molar-refractivity contribution in [3.05, 3.63) is 29.8 Å². The third-order valence-corrected chi connectivity index (χ3v) is 3.71. The van der Waals surface area contributed by atoms with Gasteiger partial charge in [-0.2, -0.15) is 0 Å². The summed E-state index contributed by atoms with van der Waals surface area (Å²) < 4.78 is 5.16. The van der Waals surface area contributed by atoms with E-state index >= 15 is 0 Å². The number of nitrogens with zero attached hydrogens (tertiary/aromatic N) is 1. The van der Waals surface area contributed by atoms with E-state index in [4.69, 9.17) is 4.74 Å². The predicted molar refractivity (Wildman–Crippen MR) is 63.6 cm³/mol. The summed E-state index contributed by atoms with van der Waals surface area (Å²) in [5.41, 5.74) is 1.38. The number of fused-ring (bicyclic) bond motifs is 2. The Morgan fingerprint density at radius 3 is 2.75 bits per heavy atom. The van der Waals surface area contributed by atoms with Crippen molar-refractivity contribution in [2.75, 3.05) is 20.2 Å². The van der Waals surface area contributed by atoms with Crippen LogP contribution in [0.1, 0.15) is 12.0 Å². The number of likely N-dealkylation sites (tertiary alicyclic amines) is 1. The number of hydrogen-bond donors (Lipinski definition) is 1. The Morgan fingerprint density at radius 2 is 2.19 bits per heavy atom. The summed E-state index contributed by atoms with van der Waals surface area (Å²) in [4.78, 5) is 2.59. The molecule has 2 aliphatic rings. The van der Waals surface area contributed by atoms with Crippen molar-refractivity contribution in [1.29, 1.82) is 0 Å². The molecule has 3 rings (SSSR count). The third kappa shape index (κ3) is 1.81. The van der Waals surface area contributed by atoms with E-state index in [0.717, 1.165) is 24.4 Å². The summed E-state index contributed by atoms with van der Waals surface area (Å²) in [6.07, 6.45) is 1.33. The monoisotopic (exact) mass is 218 g/mol. The van der Waals surface area contributed by atoms with Crippen molar-refractivity contribution in [3.8, 4) is 5.75 Å². The van der Waals surface area contributed by atoms with E-state index in [-0.39, 0.29) is 0 Å². The second-order valence-corrected chi connectivity index (χ2v) is 4.77. The Bertz CT molecular complexity index is 363. The minimum Gasteiger partial charge on any atom is -0.497 e. The molecule has 86 valence electrons. The normalized spacial score (nSPS) is 28.6. The zero-order valence-electron chi connectivity index (χ0n) is 9.65. The van der Waals surface area contributed by atoms with Gasteiger partial charge in [0.2, 0.25) is 0 Å². The maximum Gasteiger partial charge on any atom is 0.118 e. The first-order valence-corrected chi connectivity index (χ1v) is 5.95. The molecule has 2 fully saturated rings. The molecule has 3 nitrogen and oxygen atoms in total. The zero-order valence-corrected chi connectivity index (χ0v) is 9.65. The lowest BCUT2D eigenvalue weighted by molar-refractivity contribution is 0.218. The molecule has 2 aliphatic heterocycles. The summed E-state index contributed by atoms with van der Waals surface area (Å²) in [6, 6.07) is 9.91. The zero-order chi connectivity index (χ0) is 11.0. The van der Waals surface area contributed by atoms with Crippen molar-refractivity contribution >= 4 is 0 Å². The van der Waals surface area contributed by atoms with Gasteiger partial charge in [-0.25, -0.2) is 0 Å². The maximum absolute atomic E-state index is 5.16. The fraction of sp³-hybridized carbons (Fsp3) is 0.538.